The quantitative estimate of drug-likeness (QED) is 0.217. The van der Waals surface area contributed by atoms with E-state index in [0.717, 1.165) is 23.1 Å². The van der Waals surface area contributed by atoms with Gasteiger partial charge in [-0.1, -0.05) is 32.4 Å². The monoisotopic (exact) mass is 586 g/mol. The van der Waals surface area contributed by atoms with Crippen molar-refractivity contribution in [2.45, 2.75) is 63.3 Å². The molecule has 2 aromatic rings. The van der Waals surface area contributed by atoms with E-state index in [0.29, 0.717) is 36.7 Å². The Labute approximate surface area is 233 Å². The van der Waals surface area contributed by atoms with E-state index in [4.69, 9.17) is 14.2 Å². The normalized spacial score (nSPS) is 20.3. The number of fused-ring (bicyclic) bond motifs is 1. The molecule has 4 rings (SSSR count). The molecule has 1 saturated heterocycles. The molecule has 41 heavy (non-hydrogen) atoms. The number of halogens is 5. The molecule has 0 aromatic heterocycles. The minimum Gasteiger partial charge on any atom is -0.493 e. The molecule has 0 saturated carbocycles. The highest BCUT2D eigenvalue weighted by molar-refractivity contribution is 6.07. The summed E-state index contributed by atoms with van der Waals surface area (Å²) in [6.07, 6.45) is -8.53. The van der Waals surface area contributed by atoms with Gasteiger partial charge in [0.05, 0.1) is 6.61 Å². The molecule has 0 bridgehead atoms. The summed E-state index contributed by atoms with van der Waals surface area (Å²) in [7, 11) is 0. The van der Waals surface area contributed by atoms with Gasteiger partial charge in [-0.05, 0) is 60.2 Å². The number of aryl methyl sites for hydroxylation is 1. The lowest BCUT2D eigenvalue weighted by Crippen LogP contribution is -2.48. The maximum atomic E-state index is 13.5. The van der Waals surface area contributed by atoms with Crippen LogP contribution in [0.1, 0.15) is 49.8 Å². The maximum absolute atomic E-state index is 13.5. The first-order chi connectivity index (χ1) is 19.4. The lowest BCUT2D eigenvalue weighted by molar-refractivity contribution is -0.305. The van der Waals surface area contributed by atoms with Crippen LogP contribution in [0.2, 0.25) is 0 Å². The van der Waals surface area contributed by atoms with E-state index >= 15 is 0 Å². The second-order valence-electron chi connectivity index (χ2n) is 9.84. The smallest absolute Gasteiger partial charge is 0.427 e. The Kier molecular flexibility index (Phi) is 8.67. The molecule has 0 spiro atoms. The number of ether oxygens (including phenoxy) is 3. The van der Waals surface area contributed by atoms with Crippen LogP contribution >= 0.6 is 0 Å². The van der Waals surface area contributed by atoms with E-state index in [-0.39, 0.29) is 43.7 Å². The Morgan fingerprint density at radius 3 is 2.41 bits per heavy atom. The molecule has 3 amide bonds. The molecule has 0 radical (unpaired) electrons. The van der Waals surface area contributed by atoms with E-state index in [1.165, 1.54) is 0 Å². The largest absolute Gasteiger partial charge is 0.493 e. The van der Waals surface area contributed by atoms with Crippen LogP contribution in [0.4, 0.5) is 26.7 Å². The van der Waals surface area contributed by atoms with E-state index < -0.39 is 41.2 Å². The fraction of sp³-hybridized carbons (Fsp3) is 0.500. The number of hydrogen-bond acceptors (Lipinski definition) is 6. The first kappa shape index (κ1) is 30.4. The van der Waals surface area contributed by atoms with Gasteiger partial charge in [0.25, 0.3) is 12.3 Å². The van der Waals surface area contributed by atoms with Gasteiger partial charge in [0, 0.05) is 6.54 Å². The number of hydrogen-bond donors (Lipinski definition) is 2. The minimum absolute atomic E-state index is 0.00261. The molecule has 13 heteroatoms. The van der Waals surface area contributed by atoms with Crippen LogP contribution in [0.5, 0.6) is 17.2 Å². The second kappa shape index (κ2) is 11.7. The van der Waals surface area contributed by atoms with E-state index in [1.807, 2.05) is 0 Å². The summed E-state index contributed by atoms with van der Waals surface area (Å²) < 4.78 is 83.5. The van der Waals surface area contributed by atoms with Crippen molar-refractivity contribution >= 4 is 11.9 Å². The number of benzene rings is 2. The van der Waals surface area contributed by atoms with Crippen molar-refractivity contribution in [3.63, 3.8) is 0 Å². The molecule has 224 valence electrons. The van der Waals surface area contributed by atoms with Crippen molar-refractivity contribution in [3.05, 3.63) is 53.1 Å². The molecule has 2 aliphatic rings. The van der Waals surface area contributed by atoms with E-state index in [2.05, 4.69) is 5.32 Å². The average molecular weight is 587 g/mol. The lowest BCUT2D eigenvalue weighted by Gasteiger charge is -2.30. The summed E-state index contributed by atoms with van der Waals surface area (Å²) in [5.74, 6) is 0.735. The number of rotatable bonds is 11. The Hall–Kier alpha value is -3.61. The van der Waals surface area contributed by atoms with Gasteiger partial charge in [-0.15, -0.1) is 0 Å². The number of carbonyl (C=O) groups excluding carboxylic acids is 2. The molecular formula is C28H31F5N2O6. The summed E-state index contributed by atoms with van der Waals surface area (Å²) >= 11 is 0. The third kappa shape index (κ3) is 5.51. The van der Waals surface area contributed by atoms with Gasteiger partial charge in [0.15, 0.2) is 11.5 Å². The highest BCUT2D eigenvalue weighted by atomic mass is 19.4. The molecule has 2 aromatic carbocycles. The number of aliphatic hydroxyl groups is 1. The topological polar surface area (TPSA) is 97.3 Å². The highest BCUT2D eigenvalue weighted by Crippen LogP contribution is 2.44. The maximum Gasteiger partial charge on any atom is 0.427 e. The molecule has 8 nitrogen and oxygen atoms in total. The van der Waals surface area contributed by atoms with Crippen molar-refractivity contribution in [1.82, 2.24) is 10.2 Å². The van der Waals surface area contributed by atoms with Gasteiger partial charge < -0.3 is 24.6 Å². The van der Waals surface area contributed by atoms with Crippen molar-refractivity contribution in [3.8, 4) is 17.2 Å². The van der Waals surface area contributed by atoms with Gasteiger partial charge in [-0.2, -0.15) is 13.2 Å². The summed E-state index contributed by atoms with van der Waals surface area (Å²) in [6, 6.07) is 7.23. The van der Waals surface area contributed by atoms with Crippen molar-refractivity contribution in [2.75, 3.05) is 26.4 Å². The first-order valence-corrected chi connectivity index (χ1v) is 13.3. The van der Waals surface area contributed by atoms with Gasteiger partial charge in [0.1, 0.15) is 24.5 Å². The van der Waals surface area contributed by atoms with Crippen LogP contribution in [-0.4, -0.2) is 60.9 Å². The Morgan fingerprint density at radius 1 is 1.07 bits per heavy atom. The predicted molar refractivity (Wildman–Crippen MR) is 136 cm³/mol. The predicted octanol–water partition coefficient (Wildman–Crippen LogP) is 5.05. The summed E-state index contributed by atoms with van der Waals surface area (Å²) in [5.41, 5.74) is -5.83. The number of nitrogens with zero attached hydrogens (tertiary/aromatic N) is 1. The number of nitrogens with one attached hydrogen (secondary N) is 1. The Bertz CT molecular complexity index is 1290. The van der Waals surface area contributed by atoms with E-state index in [1.54, 1.807) is 32.0 Å². The number of carbonyl (C=O) groups is 2. The molecular weight excluding hydrogens is 555 g/mol. The van der Waals surface area contributed by atoms with Crippen molar-refractivity contribution in [2.24, 2.45) is 0 Å². The molecule has 2 atom stereocenters. The van der Waals surface area contributed by atoms with Crippen LogP contribution in [-0.2, 0) is 22.4 Å². The molecule has 2 N–H and O–H groups in total. The van der Waals surface area contributed by atoms with Gasteiger partial charge in [-0.25, -0.2) is 13.6 Å². The minimum atomic E-state index is -5.59. The average Bonchev–Trinajstić information content (AvgIpc) is 3.19. The molecule has 2 unspecified atom stereocenters. The van der Waals surface area contributed by atoms with E-state index in [9.17, 15) is 36.6 Å². The highest BCUT2D eigenvalue weighted by Gasteiger charge is 2.61. The second-order valence-corrected chi connectivity index (χ2v) is 9.84. The first-order valence-electron chi connectivity index (χ1n) is 13.3. The Morgan fingerprint density at radius 2 is 1.78 bits per heavy atom. The summed E-state index contributed by atoms with van der Waals surface area (Å²) in [5, 5.41) is 12.7. The molecule has 2 aliphatic heterocycles. The number of alkyl halides is 5. The summed E-state index contributed by atoms with van der Waals surface area (Å²) in [4.78, 5) is 27.3. The molecule has 2 heterocycles. The number of amides is 3. The fourth-order valence-electron chi connectivity index (χ4n) is 5.02. The van der Waals surface area contributed by atoms with Gasteiger partial charge >= 0.3 is 12.2 Å². The van der Waals surface area contributed by atoms with Crippen LogP contribution in [0.25, 0.3) is 0 Å². The van der Waals surface area contributed by atoms with Crippen LogP contribution in [0, 0.1) is 0 Å². The zero-order valence-corrected chi connectivity index (χ0v) is 22.5. The van der Waals surface area contributed by atoms with Crippen molar-refractivity contribution < 1.29 is 50.9 Å². The zero-order valence-electron chi connectivity index (χ0n) is 22.5. The third-order valence-electron chi connectivity index (χ3n) is 7.29. The Balaban J connectivity index is 1.44. The van der Waals surface area contributed by atoms with Crippen LogP contribution in [0.3, 0.4) is 0 Å². The SMILES string of the molecule is CCCc1cc(C(O)(C(F)F)C(F)(F)F)ccc1OCCCN1C(=O)NC(CC)(c2ccc3c(c2)OCCO3)C1=O. The van der Waals surface area contributed by atoms with Crippen molar-refractivity contribution in [1.29, 1.82) is 0 Å². The van der Waals surface area contributed by atoms with Gasteiger partial charge in [0.2, 0.25) is 5.60 Å². The van der Waals surface area contributed by atoms with Crippen LogP contribution < -0.4 is 19.5 Å². The lowest BCUT2D eigenvalue weighted by atomic mass is 9.87. The zero-order chi connectivity index (χ0) is 30.0. The molecule has 0 aliphatic carbocycles. The summed E-state index contributed by atoms with van der Waals surface area (Å²) in [6.45, 7) is 4.27. The number of urea groups is 1. The van der Waals surface area contributed by atoms with Crippen LogP contribution in [0.15, 0.2) is 36.4 Å². The standard InChI is InChI=1S/C28H31F5N2O6/c1-3-6-17-15-19(27(38,23(29)30)28(31,32)33)8-9-20(17)39-12-5-11-35-24(36)26(4-2,34-25(35)37)18-7-10-21-22(16-18)41-14-13-40-21/h7-10,15-16,23,38H,3-6,11-14H2,1-2H3,(H,34,37). The fourth-order valence-corrected chi connectivity index (χ4v) is 5.02. The molecule has 1 fully saturated rings. The number of imide groups is 1. The van der Waals surface area contributed by atoms with Gasteiger partial charge in [-0.3, -0.25) is 9.69 Å². The third-order valence-corrected chi connectivity index (χ3v) is 7.29.